The summed E-state index contributed by atoms with van der Waals surface area (Å²) in [6, 6.07) is 12.3. The molecule has 2 rings (SSSR count). The molecule has 2 aromatic rings. The van der Waals surface area contributed by atoms with Gasteiger partial charge in [-0.25, -0.2) is 0 Å². The molecule has 0 bridgehead atoms. The van der Waals surface area contributed by atoms with E-state index in [4.69, 9.17) is 17.3 Å². The standard InChI is InChI=1S/C13H10BrClN2O/c14-8-3-1-4-9(7-8)17-13(18)10-5-2-6-11(15)12(10)16/h1-7H,16H2,(H,17,18). The van der Waals surface area contributed by atoms with Crippen LogP contribution in [0.25, 0.3) is 0 Å². The van der Waals surface area contributed by atoms with E-state index in [0.717, 1.165) is 4.47 Å². The number of carbonyl (C=O) groups excluding carboxylic acids is 1. The van der Waals surface area contributed by atoms with Crippen LogP contribution in [0.2, 0.25) is 5.02 Å². The topological polar surface area (TPSA) is 55.1 Å². The van der Waals surface area contributed by atoms with Gasteiger partial charge in [-0.15, -0.1) is 0 Å². The fourth-order valence-corrected chi connectivity index (χ4v) is 2.07. The first-order chi connectivity index (χ1) is 8.58. The Morgan fingerprint density at radius 2 is 1.94 bits per heavy atom. The molecule has 0 heterocycles. The van der Waals surface area contributed by atoms with E-state index in [1.54, 1.807) is 30.3 Å². The van der Waals surface area contributed by atoms with E-state index in [-0.39, 0.29) is 11.6 Å². The van der Waals surface area contributed by atoms with Crippen molar-refractivity contribution in [2.75, 3.05) is 11.1 Å². The van der Waals surface area contributed by atoms with Gasteiger partial charge in [0.1, 0.15) is 0 Å². The van der Waals surface area contributed by atoms with Crippen molar-refractivity contribution in [3.63, 3.8) is 0 Å². The number of nitrogens with one attached hydrogen (secondary N) is 1. The van der Waals surface area contributed by atoms with Gasteiger partial charge in [0.2, 0.25) is 0 Å². The monoisotopic (exact) mass is 324 g/mol. The lowest BCUT2D eigenvalue weighted by atomic mass is 10.1. The van der Waals surface area contributed by atoms with Gasteiger partial charge in [0.25, 0.3) is 5.91 Å². The summed E-state index contributed by atoms with van der Waals surface area (Å²) < 4.78 is 0.888. The van der Waals surface area contributed by atoms with E-state index < -0.39 is 0 Å². The van der Waals surface area contributed by atoms with Gasteiger partial charge in [0.15, 0.2) is 0 Å². The number of anilines is 2. The Balaban J connectivity index is 2.25. The van der Waals surface area contributed by atoms with E-state index in [2.05, 4.69) is 21.2 Å². The van der Waals surface area contributed by atoms with Gasteiger partial charge < -0.3 is 11.1 Å². The van der Waals surface area contributed by atoms with Crippen LogP contribution < -0.4 is 11.1 Å². The second kappa shape index (κ2) is 5.42. The first kappa shape index (κ1) is 12.9. The Hall–Kier alpha value is -1.52. The molecule has 0 aliphatic rings. The highest BCUT2D eigenvalue weighted by atomic mass is 79.9. The molecule has 3 N–H and O–H groups in total. The van der Waals surface area contributed by atoms with Crippen LogP contribution in [0.3, 0.4) is 0 Å². The number of rotatable bonds is 2. The summed E-state index contributed by atoms with van der Waals surface area (Å²) >= 11 is 9.21. The highest BCUT2D eigenvalue weighted by Gasteiger charge is 2.11. The number of carbonyl (C=O) groups is 1. The summed E-state index contributed by atoms with van der Waals surface area (Å²) in [4.78, 5) is 12.0. The van der Waals surface area contributed by atoms with E-state index >= 15 is 0 Å². The number of amides is 1. The normalized spacial score (nSPS) is 10.1. The second-order valence-corrected chi connectivity index (χ2v) is 4.99. The average molecular weight is 326 g/mol. The third kappa shape index (κ3) is 2.83. The van der Waals surface area contributed by atoms with Crippen LogP contribution >= 0.6 is 27.5 Å². The van der Waals surface area contributed by atoms with E-state index in [1.165, 1.54) is 0 Å². The molecule has 5 heteroatoms. The molecule has 0 atom stereocenters. The van der Waals surface area contributed by atoms with E-state index in [0.29, 0.717) is 16.3 Å². The van der Waals surface area contributed by atoms with Gasteiger partial charge in [-0.3, -0.25) is 4.79 Å². The summed E-state index contributed by atoms with van der Waals surface area (Å²) in [5.74, 6) is -0.284. The van der Waals surface area contributed by atoms with Gasteiger partial charge in [0, 0.05) is 10.2 Å². The van der Waals surface area contributed by atoms with Crippen molar-refractivity contribution in [1.82, 2.24) is 0 Å². The lowest BCUT2D eigenvalue weighted by Gasteiger charge is -2.08. The minimum atomic E-state index is -0.284. The fourth-order valence-electron chi connectivity index (χ4n) is 1.50. The molecule has 0 aliphatic heterocycles. The van der Waals surface area contributed by atoms with Crippen molar-refractivity contribution in [3.05, 3.63) is 57.5 Å². The number of halogens is 2. The summed E-state index contributed by atoms with van der Waals surface area (Å²) in [6.07, 6.45) is 0. The Morgan fingerprint density at radius 1 is 1.22 bits per heavy atom. The van der Waals surface area contributed by atoms with Crippen molar-refractivity contribution in [1.29, 1.82) is 0 Å². The zero-order chi connectivity index (χ0) is 13.1. The Kier molecular flexibility index (Phi) is 3.89. The summed E-state index contributed by atoms with van der Waals surface area (Å²) in [5, 5.41) is 3.13. The first-order valence-electron chi connectivity index (χ1n) is 5.19. The Morgan fingerprint density at radius 3 is 2.67 bits per heavy atom. The Labute approximate surface area is 118 Å². The SMILES string of the molecule is Nc1c(Cl)cccc1C(=O)Nc1cccc(Br)c1. The zero-order valence-electron chi connectivity index (χ0n) is 9.28. The molecule has 0 radical (unpaired) electrons. The van der Waals surface area contributed by atoms with Gasteiger partial charge in [-0.05, 0) is 30.3 Å². The van der Waals surface area contributed by atoms with Crippen molar-refractivity contribution >= 4 is 44.8 Å². The predicted octanol–water partition coefficient (Wildman–Crippen LogP) is 3.94. The van der Waals surface area contributed by atoms with Crippen molar-refractivity contribution < 1.29 is 4.79 Å². The third-order valence-electron chi connectivity index (χ3n) is 2.38. The maximum Gasteiger partial charge on any atom is 0.257 e. The average Bonchev–Trinajstić information content (AvgIpc) is 2.32. The van der Waals surface area contributed by atoms with Gasteiger partial charge in [0.05, 0.1) is 16.3 Å². The molecule has 2 aromatic carbocycles. The van der Waals surface area contributed by atoms with Crippen LogP contribution in [-0.4, -0.2) is 5.91 Å². The molecular weight excluding hydrogens is 316 g/mol. The maximum absolute atomic E-state index is 12.0. The number of para-hydroxylation sites is 1. The number of nitrogen functional groups attached to an aromatic ring is 1. The summed E-state index contributed by atoms with van der Waals surface area (Å²) in [5.41, 5.74) is 7.10. The lowest BCUT2D eigenvalue weighted by molar-refractivity contribution is 0.102. The summed E-state index contributed by atoms with van der Waals surface area (Å²) in [7, 11) is 0. The molecule has 92 valence electrons. The van der Waals surface area contributed by atoms with Crippen molar-refractivity contribution in [3.8, 4) is 0 Å². The minimum Gasteiger partial charge on any atom is -0.397 e. The molecule has 0 unspecified atom stereocenters. The quantitative estimate of drug-likeness (QED) is 0.822. The van der Waals surface area contributed by atoms with Gasteiger partial charge in [-0.1, -0.05) is 39.7 Å². The molecule has 0 fully saturated rings. The fraction of sp³-hybridized carbons (Fsp3) is 0. The number of hydrogen-bond acceptors (Lipinski definition) is 2. The maximum atomic E-state index is 12.0. The molecule has 3 nitrogen and oxygen atoms in total. The third-order valence-corrected chi connectivity index (χ3v) is 3.20. The molecule has 0 aromatic heterocycles. The van der Waals surface area contributed by atoms with Crippen LogP contribution in [0.5, 0.6) is 0 Å². The van der Waals surface area contributed by atoms with E-state index in [9.17, 15) is 4.79 Å². The molecule has 1 amide bonds. The minimum absolute atomic E-state index is 0.284. The first-order valence-corrected chi connectivity index (χ1v) is 6.36. The lowest BCUT2D eigenvalue weighted by Crippen LogP contribution is -2.14. The van der Waals surface area contributed by atoms with E-state index in [1.807, 2.05) is 12.1 Å². The van der Waals surface area contributed by atoms with Gasteiger partial charge >= 0.3 is 0 Å². The number of nitrogens with two attached hydrogens (primary N) is 1. The largest absolute Gasteiger partial charge is 0.397 e. The predicted molar refractivity (Wildman–Crippen MR) is 78.0 cm³/mol. The number of hydrogen-bond donors (Lipinski definition) is 2. The van der Waals surface area contributed by atoms with Crippen LogP contribution in [0.1, 0.15) is 10.4 Å². The van der Waals surface area contributed by atoms with Crippen LogP contribution in [-0.2, 0) is 0 Å². The molecule has 0 spiro atoms. The highest BCUT2D eigenvalue weighted by molar-refractivity contribution is 9.10. The highest BCUT2D eigenvalue weighted by Crippen LogP contribution is 2.23. The van der Waals surface area contributed by atoms with Crippen LogP contribution in [0, 0.1) is 0 Å². The zero-order valence-corrected chi connectivity index (χ0v) is 11.6. The second-order valence-electron chi connectivity index (χ2n) is 3.67. The van der Waals surface area contributed by atoms with Crippen LogP contribution in [0.15, 0.2) is 46.9 Å². The molecule has 0 aliphatic carbocycles. The van der Waals surface area contributed by atoms with Crippen LogP contribution in [0.4, 0.5) is 11.4 Å². The van der Waals surface area contributed by atoms with Crippen molar-refractivity contribution in [2.24, 2.45) is 0 Å². The molecule has 18 heavy (non-hydrogen) atoms. The smallest absolute Gasteiger partial charge is 0.257 e. The summed E-state index contributed by atoms with van der Waals surface area (Å²) in [6.45, 7) is 0. The van der Waals surface area contributed by atoms with Gasteiger partial charge in [-0.2, -0.15) is 0 Å². The molecule has 0 saturated carbocycles. The molecule has 0 saturated heterocycles. The Bertz CT molecular complexity index is 601. The van der Waals surface area contributed by atoms with Crippen molar-refractivity contribution in [2.45, 2.75) is 0 Å². The molecular formula is C13H10BrClN2O. The number of benzene rings is 2.